The molecule has 0 aliphatic carbocycles. The topological polar surface area (TPSA) is 548 Å². The van der Waals surface area contributed by atoms with E-state index in [9.17, 15) is 102 Å². The number of amides is 15. The van der Waals surface area contributed by atoms with Gasteiger partial charge in [0.05, 0.1) is 32.7 Å². The minimum absolute atomic E-state index is 0.0394. The number of aliphatic carboxylic acids is 2. The highest BCUT2D eigenvalue weighted by Crippen LogP contribution is 2.21. The molecule has 3 aliphatic rings. The number of fused-ring (bicyclic) bond motifs is 2. The van der Waals surface area contributed by atoms with E-state index in [0.29, 0.717) is 5.56 Å². The Hall–Kier alpha value is -9.87. The lowest BCUT2D eigenvalue weighted by Gasteiger charge is -2.30. The van der Waals surface area contributed by atoms with E-state index in [0.717, 1.165) is 16.7 Å². The predicted octanol–water partition coefficient (Wildman–Crippen LogP) is -7.75. The highest BCUT2D eigenvalue weighted by molar-refractivity contribution is 6.01. The summed E-state index contributed by atoms with van der Waals surface area (Å²) < 4.78 is 0. The van der Waals surface area contributed by atoms with Gasteiger partial charge in [-0.05, 0) is 69.8 Å². The summed E-state index contributed by atoms with van der Waals surface area (Å²) in [6.07, 6.45) is -3.55. The average Bonchev–Trinajstić information content (AvgIpc) is 1.80. The van der Waals surface area contributed by atoms with Crippen LogP contribution in [0.3, 0.4) is 0 Å². The quantitative estimate of drug-likeness (QED) is 0.0823. The summed E-state index contributed by atoms with van der Waals surface area (Å²) in [5.74, 6) is -19.8. The number of nitrogens with two attached hydrogens (primary N) is 1. The van der Waals surface area contributed by atoms with Gasteiger partial charge >= 0.3 is 11.9 Å². The minimum atomic E-state index is -2.12. The number of aliphatic hydroxyl groups excluding tert-OH is 2. The molecule has 3 heterocycles. The molecule has 15 amide bonds. The van der Waals surface area contributed by atoms with Crippen LogP contribution in [0, 0.1) is 11.8 Å². The Morgan fingerprint density at radius 3 is 1.40 bits per heavy atom. The Labute approximate surface area is 545 Å². The molecule has 3 aliphatic heterocycles. The highest BCUT2D eigenvalue weighted by Gasteiger charge is 2.42. The normalized spacial score (nSPS) is 27.2. The van der Waals surface area contributed by atoms with Crippen molar-refractivity contribution in [3.05, 3.63) is 35.9 Å². The molecule has 18 N–H and O–H groups in total. The number of carboxylic acid groups (broad SMARTS) is 2. The largest absolute Gasteiger partial charge is 0.481 e. The van der Waals surface area contributed by atoms with Gasteiger partial charge < -0.3 is 99.8 Å². The van der Waals surface area contributed by atoms with Gasteiger partial charge in [0.15, 0.2) is 0 Å². The van der Waals surface area contributed by atoms with Gasteiger partial charge in [0.1, 0.15) is 72.5 Å². The summed E-state index contributed by atoms with van der Waals surface area (Å²) in [5, 5.41) is 68.3. The molecular formula is C59H87N15O21. The number of carboxylic acids is 2. The summed E-state index contributed by atoms with van der Waals surface area (Å²) >= 11 is 0. The van der Waals surface area contributed by atoms with Gasteiger partial charge in [0.25, 0.3) is 0 Å². The van der Waals surface area contributed by atoms with E-state index < -0.39 is 243 Å². The van der Waals surface area contributed by atoms with Gasteiger partial charge in [-0.25, -0.2) is 0 Å². The molecule has 0 aromatic heterocycles. The van der Waals surface area contributed by atoms with Gasteiger partial charge in [0, 0.05) is 32.4 Å². The van der Waals surface area contributed by atoms with Crippen LogP contribution in [0.4, 0.5) is 0 Å². The first kappa shape index (κ1) is 77.6. The number of nitrogens with one attached hydrogen (secondary N) is 12. The van der Waals surface area contributed by atoms with E-state index in [1.807, 2.05) is 0 Å². The van der Waals surface area contributed by atoms with Crippen LogP contribution in [0.5, 0.6) is 0 Å². The molecule has 4 rings (SSSR count). The van der Waals surface area contributed by atoms with E-state index in [1.165, 1.54) is 6.92 Å². The number of rotatable bonds is 14. The first-order chi connectivity index (χ1) is 44.8. The molecule has 0 radical (unpaired) electrons. The first-order valence-corrected chi connectivity index (χ1v) is 30.9. The van der Waals surface area contributed by atoms with Crippen LogP contribution in [0.2, 0.25) is 0 Å². The van der Waals surface area contributed by atoms with Crippen molar-refractivity contribution in [2.75, 3.05) is 39.4 Å². The van der Waals surface area contributed by atoms with Crippen molar-refractivity contribution in [2.24, 2.45) is 17.6 Å². The maximum atomic E-state index is 14.2. The predicted molar refractivity (Wildman–Crippen MR) is 328 cm³/mol. The number of primary amides is 1. The fourth-order valence-corrected chi connectivity index (χ4v) is 10.4. The summed E-state index contributed by atoms with van der Waals surface area (Å²) in [6.45, 7) is 4.89. The molecule has 36 nitrogen and oxygen atoms in total. The summed E-state index contributed by atoms with van der Waals surface area (Å²) in [7, 11) is 0. The van der Waals surface area contributed by atoms with E-state index in [-0.39, 0.29) is 45.2 Å². The molecule has 36 heteroatoms. The van der Waals surface area contributed by atoms with Crippen LogP contribution >= 0.6 is 0 Å². The van der Waals surface area contributed by atoms with Crippen LogP contribution in [0.15, 0.2) is 30.3 Å². The SMILES string of the molecule is CC(C)[C@@H]1NC(=O)CNC(=O)[C@@H]2CCCN2C(=O)[C@H](CO)NC(=O)[C@H](C)NC(=O)[C@H](CCC(=O)O)NC(=O)[C@H](CC(=O)O)NC(=O)[C@H](CCC(N)=O)NC(=O)[C@H](C)NC(=O)[C@H](Cc2ccccc2)NC(=O)[C@@H]2CCCN2C(=O)[C@H](CO)NC(=O)CNC(=O)[C@H](C(C)C)NC1=O. The van der Waals surface area contributed by atoms with Crippen LogP contribution < -0.4 is 69.5 Å². The third kappa shape index (κ3) is 23.9. The second-order valence-corrected chi connectivity index (χ2v) is 23.8. The van der Waals surface area contributed by atoms with Crippen LogP contribution in [0.1, 0.15) is 105 Å². The Balaban J connectivity index is 1.70. The number of nitrogens with zero attached hydrogens (tertiary/aromatic N) is 2. The van der Waals surface area contributed by atoms with Crippen molar-refractivity contribution >= 4 is 101 Å². The first-order valence-electron chi connectivity index (χ1n) is 30.9. The van der Waals surface area contributed by atoms with Crippen molar-refractivity contribution in [3.8, 4) is 0 Å². The van der Waals surface area contributed by atoms with Gasteiger partial charge in [0.2, 0.25) is 88.6 Å². The van der Waals surface area contributed by atoms with Gasteiger partial charge in [-0.15, -0.1) is 0 Å². The number of hydrogen-bond donors (Lipinski definition) is 17. The van der Waals surface area contributed by atoms with Crippen LogP contribution in [-0.4, -0.2) is 243 Å². The summed E-state index contributed by atoms with van der Waals surface area (Å²) in [6, 6.07) is -10.9. The number of aliphatic hydroxyl groups is 2. The molecule has 0 spiro atoms. The molecule has 0 bridgehead atoms. The second-order valence-electron chi connectivity index (χ2n) is 23.8. The molecule has 1 aromatic rings. The van der Waals surface area contributed by atoms with E-state index in [1.54, 1.807) is 58.0 Å². The smallest absolute Gasteiger partial charge is 0.305 e. The fraction of sp³-hybridized carbons (Fsp3) is 0.610. The number of carbonyl (C=O) groups is 17. The summed E-state index contributed by atoms with van der Waals surface area (Å²) in [5.41, 5.74) is 5.86. The number of hydrogen-bond acceptors (Lipinski definition) is 19. The zero-order chi connectivity index (χ0) is 71.0. The third-order valence-electron chi connectivity index (χ3n) is 15.7. The summed E-state index contributed by atoms with van der Waals surface area (Å²) in [4.78, 5) is 231. The van der Waals surface area contributed by atoms with Gasteiger partial charge in [-0.3, -0.25) is 81.5 Å². The Morgan fingerprint density at radius 2 is 0.895 bits per heavy atom. The fourth-order valence-electron chi connectivity index (χ4n) is 10.4. The molecular weight excluding hydrogens is 1250 g/mol. The lowest BCUT2D eigenvalue weighted by atomic mass is 9.99. The van der Waals surface area contributed by atoms with Crippen molar-refractivity contribution in [1.29, 1.82) is 0 Å². The maximum Gasteiger partial charge on any atom is 0.305 e. The number of carbonyl (C=O) groups excluding carboxylic acids is 15. The van der Waals surface area contributed by atoms with Crippen molar-refractivity contribution in [2.45, 2.75) is 178 Å². The molecule has 524 valence electrons. The number of benzene rings is 1. The highest BCUT2D eigenvalue weighted by atomic mass is 16.4. The molecule has 0 unspecified atom stereocenters. The van der Waals surface area contributed by atoms with Crippen molar-refractivity contribution in [3.63, 3.8) is 0 Å². The zero-order valence-corrected chi connectivity index (χ0v) is 53.5. The van der Waals surface area contributed by atoms with Crippen LogP contribution in [-0.2, 0) is 87.9 Å². The van der Waals surface area contributed by atoms with Crippen LogP contribution in [0.25, 0.3) is 0 Å². The lowest BCUT2D eigenvalue weighted by molar-refractivity contribution is -0.143. The van der Waals surface area contributed by atoms with Crippen molar-refractivity contribution in [1.82, 2.24) is 73.6 Å². The van der Waals surface area contributed by atoms with Gasteiger partial charge in [-0.2, -0.15) is 0 Å². The Morgan fingerprint density at radius 1 is 0.474 bits per heavy atom. The lowest BCUT2D eigenvalue weighted by Crippen LogP contribution is -2.61. The van der Waals surface area contributed by atoms with Crippen molar-refractivity contribution < 1.29 is 102 Å². The molecule has 0 saturated carbocycles. The standard InChI is InChI=1S/C59H87N15O21/c1-28(2)46-56(92)62-24-42(78)65-37(26-75)58(94)74-21-11-15-40(74)55(91)69-35(22-32-12-8-7-9-13-32)52(88)64-30(5)48(84)66-33(16-18-41(60)77)51(87)68-36(23-45(82)83)53(89)67-34(17-19-44(80)81)50(86)63-31(6)49(85)70-38(27-76)59(95)73-20-10-14-39(73)54(90)61-25-43(79)71-47(29(3)4)57(93)72-46/h7-9,12-13,28-31,33-40,46-47,75-76H,10-11,14-27H2,1-6H3,(H2,60,77)(H,61,90)(H,62,92)(H,63,86)(H,64,88)(H,65,78)(H,66,84)(H,67,89)(H,68,87)(H,69,91)(H,70,85)(H,71,79)(H,72,93)(H,80,81)(H,82,83)/t30-,31-,33-,34-,35-,36-,37-,38-,39-,40-,46-,47-/m0/s1. The zero-order valence-electron chi connectivity index (χ0n) is 53.5. The second kappa shape index (κ2) is 37.1. The van der Waals surface area contributed by atoms with Gasteiger partial charge in [-0.1, -0.05) is 58.0 Å². The monoisotopic (exact) mass is 1340 g/mol. The van der Waals surface area contributed by atoms with E-state index >= 15 is 0 Å². The molecule has 95 heavy (non-hydrogen) atoms. The molecule has 3 saturated heterocycles. The third-order valence-corrected chi connectivity index (χ3v) is 15.7. The maximum absolute atomic E-state index is 14.2. The van der Waals surface area contributed by atoms with E-state index in [4.69, 9.17) is 5.73 Å². The molecule has 1 aromatic carbocycles. The van der Waals surface area contributed by atoms with E-state index in [2.05, 4.69) is 63.8 Å². The molecule has 3 fully saturated rings. The minimum Gasteiger partial charge on any atom is -0.481 e. The Kier molecular flexibility index (Phi) is 30.3. The molecule has 12 atom stereocenters. The Bertz CT molecular complexity index is 3020. The average molecular weight is 1340 g/mol.